The van der Waals surface area contributed by atoms with E-state index in [1.54, 1.807) is 12.1 Å². The molecule has 0 saturated carbocycles. The largest absolute Gasteiger partial charge is 0.497 e. The van der Waals surface area contributed by atoms with E-state index < -0.39 is 0 Å². The minimum Gasteiger partial charge on any atom is -0.497 e. The predicted molar refractivity (Wildman–Crippen MR) is 68.2 cm³/mol. The smallest absolute Gasteiger partial charge is 0.131 e. The lowest BCUT2D eigenvalue weighted by atomic mass is 10.0. The zero-order valence-electron chi connectivity index (χ0n) is 10.9. The maximum absolute atomic E-state index is 14.0. The summed E-state index contributed by atoms with van der Waals surface area (Å²) in [5.41, 5.74) is 0.657. The van der Waals surface area contributed by atoms with Crippen LogP contribution in [0.15, 0.2) is 18.2 Å². The molecule has 0 spiro atoms. The van der Waals surface area contributed by atoms with Crippen molar-refractivity contribution >= 4 is 0 Å². The number of β-amino-alcohol motifs (C(OH)–C–C–N with tert-alkyl or cyclic N) is 1. The fourth-order valence-electron chi connectivity index (χ4n) is 2.51. The summed E-state index contributed by atoms with van der Waals surface area (Å²) in [7, 11) is 1.53. The fourth-order valence-corrected chi connectivity index (χ4v) is 2.51. The topological polar surface area (TPSA) is 32.7 Å². The molecule has 4 heteroatoms. The van der Waals surface area contributed by atoms with Crippen molar-refractivity contribution in [2.24, 2.45) is 0 Å². The summed E-state index contributed by atoms with van der Waals surface area (Å²) in [6, 6.07) is 4.92. The number of methoxy groups -OCH3 is 1. The molecule has 1 heterocycles. The van der Waals surface area contributed by atoms with E-state index in [0.29, 0.717) is 17.9 Å². The molecule has 1 saturated heterocycles. The first kappa shape index (κ1) is 13.3. The maximum atomic E-state index is 14.0. The highest BCUT2D eigenvalue weighted by molar-refractivity contribution is 5.30. The van der Waals surface area contributed by atoms with E-state index in [4.69, 9.17) is 4.74 Å². The second kappa shape index (κ2) is 5.67. The number of aliphatic hydroxyl groups excluding tert-OH is 1. The van der Waals surface area contributed by atoms with Crippen molar-refractivity contribution in [1.82, 2.24) is 4.90 Å². The molecule has 1 aromatic carbocycles. The van der Waals surface area contributed by atoms with Crippen LogP contribution in [0.25, 0.3) is 0 Å². The average molecular weight is 253 g/mol. The van der Waals surface area contributed by atoms with Gasteiger partial charge in [-0.05, 0) is 32.4 Å². The molecule has 2 rings (SSSR count). The Kier molecular flexibility index (Phi) is 4.19. The van der Waals surface area contributed by atoms with Crippen LogP contribution in [0.2, 0.25) is 0 Å². The van der Waals surface area contributed by atoms with Crippen LogP contribution in [0.5, 0.6) is 5.75 Å². The van der Waals surface area contributed by atoms with Gasteiger partial charge in [-0.3, -0.25) is 4.90 Å². The highest BCUT2D eigenvalue weighted by Gasteiger charge is 2.24. The second-order valence-corrected chi connectivity index (χ2v) is 4.85. The maximum Gasteiger partial charge on any atom is 0.131 e. The van der Waals surface area contributed by atoms with Crippen molar-refractivity contribution in [3.05, 3.63) is 29.6 Å². The highest BCUT2D eigenvalue weighted by Crippen LogP contribution is 2.28. The zero-order chi connectivity index (χ0) is 13.1. The molecule has 1 fully saturated rings. The lowest BCUT2D eigenvalue weighted by molar-refractivity contribution is 0.0495. The van der Waals surface area contributed by atoms with Crippen LogP contribution in [-0.4, -0.2) is 36.3 Å². The van der Waals surface area contributed by atoms with E-state index in [-0.39, 0.29) is 18.0 Å². The summed E-state index contributed by atoms with van der Waals surface area (Å²) in [6.45, 7) is 3.50. The molecular weight excluding hydrogens is 233 g/mol. The van der Waals surface area contributed by atoms with E-state index in [1.807, 2.05) is 6.92 Å². The number of rotatable bonds is 3. The van der Waals surface area contributed by atoms with Gasteiger partial charge in [0, 0.05) is 24.2 Å². The number of aliphatic hydroxyl groups is 1. The van der Waals surface area contributed by atoms with Crippen LogP contribution in [-0.2, 0) is 0 Å². The zero-order valence-corrected chi connectivity index (χ0v) is 10.9. The number of hydrogen-bond acceptors (Lipinski definition) is 3. The van der Waals surface area contributed by atoms with Gasteiger partial charge in [-0.15, -0.1) is 0 Å². The Labute approximate surface area is 107 Å². The van der Waals surface area contributed by atoms with Crippen LogP contribution in [0.4, 0.5) is 4.39 Å². The lowest BCUT2D eigenvalue weighted by Crippen LogP contribution is -2.39. The van der Waals surface area contributed by atoms with Crippen molar-refractivity contribution in [2.45, 2.75) is 31.9 Å². The van der Waals surface area contributed by atoms with Gasteiger partial charge in [-0.25, -0.2) is 4.39 Å². The van der Waals surface area contributed by atoms with Crippen molar-refractivity contribution in [3.8, 4) is 5.75 Å². The van der Waals surface area contributed by atoms with Crippen LogP contribution in [0.3, 0.4) is 0 Å². The third kappa shape index (κ3) is 2.82. The Bertz CT molecular complexity index is 411. The Morgan fingerprint density at radius 3 is 2.89 bits per heavy atom. The van der Waals surface area contributed by atoms with Crippen molar-refractivity contribution in [2.75, 3.05) is 20.2 Å². The van der Waals surface area contributed by atoms with Crippen molar-refractivity contribution in [3.63, 3.8) is 0 Å². The number of halogens is 1. The van der Waals surface area contributed by atoms with Gasteiger partial charge in [-0.1, -0.05) is 6.07 Å². The van der Waals surface area contributed by atoms with E-state index in [9.17, 15) is 9.50 Å². The Morgan fingerprint density at radius 1 is 1.50 bits per heavy atom. The second-order valence-electron chi connectivity index (χ2n) is 4.85. The minimum absolute atomic E-state index is 0.0224. The van der Waals surface area contributed by atoms with Crippen LogP contribution in [0, 0.1) is 5.82 Å². The standard InChI is InChI=1S/C14H20FNO2/c1-10(16-7-3-4-11(17)9-16)13-6-5-12(18-2)8-14(13)15/h5-6,8,10-11,17H,3-4,7,9H2,1-2H3. The van der Waals surface area contributed by atoms with Crippen LogP contribution < -0.4 is 4.74 Å². The van der Waals surface area contributed by atoms with Crippen LogP contribution in [0.1, 0.15) is 31.4 Å². The number of piperidine rings is 1. The summed E-state index contributed by atoms with van der Waals surface area (Å²) in [5.74, 6) is 0.282. The van der Waals surface area contributed by atoms with Gasteiger partial charge in [-0.2, -0.15) is 0 Å². The predicted octanol–water partition coefficient (Wildman–Crippen LogP) is 2.35. The number of ether oxygens (including phenoxy) is 1. The number of nitrogens with zero attached hydrogens (tertiary/aromatic N) is 1. The Morgan fingerprint density at radius 2 is 2.28 bits per heavy atom. The van der Waals surface area contributed by atoms with Gasteiger partial charge >= 0.3 is 0 Å². The quantitative estimate of drug-likeness (QED) is 0.897. The first-order chi connectivity index (χ1) is 8.61. The van der Waals surface area contributed by atoms with Gasteiger partial charge < -0.3 is 9.84 Å². The number of likely N-dealkylation sites (tertiary alicyclic amines) is 1. The molecule has 100 valence electrons. The normalized spacial score (nSPS) is 22.8. The summed E-state index contributed by atoms with van der Waals surface area (Å²) >= 11 is 0. The molecule has 2 unspecified atom stereocenters. The SMILES string of the molecule is COc1ccc(C(C)N2CCCC(O)C2)c(F)c1. The first-order valence-electron chi connectivity index (χ1n) is 6.37. The van der Waals surface area contributed by atoms with E-state index in [1.165, 1.54) is 13.2 Å². The van der Waals surface area contributed by atoms with E-state index in [0.717, 1.165) is 19.4 Å². The van der Waals surface area contributed by atoms with E-state index >= 15 is 0 Å². The van der Waals surface area contributed by atoms with Crippen LogP contribution >= 0.6 is 0 Å². The molecule has 0 aromatic heterocycles. The molecule has 1 aliphatic heterocycles. The van der Waals surface area contributed by atoms with Gasteiger partial charge in [0.25, 0.3) is 0 Å². The molecular formula is C14H20FNO2. The van der Waals surface area contributed by atoms with Gasteiger partial charge in [0.15, 0.2) is 0 Å². The van der Waals surface area contributed by atoms with Crippen molar-refractivity contribution in [1.29, 1.82) is 0 Å². The summed E-state index contributed by atoms with van der Waals surface area (Å²) in [4.78, 5) is 2.12. The molecule has 3 nitrogen and oxygen atoms in total. The molecule has 0 amide bonds. The molecule has 0 aliphatic carbocycles. The lowest BCUT2D eigenvalue weighted by Gasteiger charge is -2.35. The molecule has 2 atom stereocenters. The number of hydrogen-bond donors (Lipinski definition) is 1. The molecule has 1 N–H and O–H groups in total. The molecule has 0 radical (unpaired) electrons. The molecule has 18 heavy (non-hydrogen) atoms. The monoisotopic (exact) mass is 253 g/mol. The third-order valence-electron chi connectivity index (χ3n) is 3.63. The van der Waals surface area contributed by atoms with E-state index in [2.05, 4.69) is 4.90 Å². The van der Waals surface area contributed by atoms with Crippen molar-refractivity contribution < 1.29 is 14.2 Å². The van der Waals surface area contributed by atoms with Gasteiger partial charge in [0.2, 0.25) is 0 Å². The summed E-state index contributed by atoms with van der Waals surface area (Å²) in [6.07, 6.45) is 1.51. The summed E-state index contributed by atoms with van der Waals surface area (Å²) in [5, 5.41) is 9.67. The minimum atomic E-state index is -0.289. The molecule has 1 aromatic rings. The number of benzene rings is 1. The van der Waals surface area contributed by atoms with Gasteiger partial charge in [0.1, 0.15) is 11.6 Å². The first-order valence-corrected chi connectivity index (χ1v) is 6.37. The highest BCUT2D eigenvalue weighted by atomic mass is 19.1. The molecule has 0 bridgehead atoms. The van der Waals surface area contributed by atoms with Gasteiger partial charge in [0.05, 0.1) is 13.2 Å². The average Bonchev–Trinajstić information content (AvgIpc) is 2.37. The fraction of sp³-hybridized carbons (Fsp3) is 0.571. The third-order valence-corrected chi connectivity index (χ3v) is 3.63. The summed E-state index contributed by atoms with van der Waals surface area (Å²) < 4.78 is 19.0. The Balaban J connectivity index is 2.15. The Hall–Kier alpha value is -1.13. The molecule has 1 aliphatic rings.